The van der Waals surface area contributed by atoms with Gasteiger partial charge in [-0.25, -0.2) is 0 Å². The van der Waals surface area contributed by atoms with Crippen molar-refractivity contribution in [2.24, 2.45) is 5.92 Å². The summed E-state index contributed by atoms with van der Waals surface area (Å²) in [7, 11) is 1.84. The highest BCUT2D eigenvalue weighted by Gasteiger charge is 2.40. The molecule has 1 N–H and O–H groups in total. The molecule has 20 heavy (non-hydrogen) atoms. The van der Waals surface area contributed by atoms with Crippen LogP contribution in [0.25, 0.3) is 0 Å². The summed E-state index contributed by atoms with van der Waals surface area (Å²) in [6.07, 6.45) is -1.78. The van der Waals surface area contributed by atoms with Crippen LogP contribution in [-0.2, 0) is 13.1 Å². The van der Waals surface area contributed by atoms with E-state index in [1.54, 1.807) is 4.68 Å². The summed E-state index contributed by atoms with van der Waals surface area (Å²) in [4.78, 5) is 2.06. The summed E-state index contributed by atoms with van der Waals surface area (Å²) in [6, 6.07) is 0. The Kier molecular flexibility index (Phi) is 4.98. The summed E-state index contributed by atoms with van der Waals surface area (Å²) in [5.41, 5.74) is 0.864. The van der Waals surface area contributed by atoms with Crippen molar-refractivity contribution in [2.45, 2.75) is 32.1 Å². The van der Waals surface area contributed by atoms with E-state index >= 15 is 0 Å². The predicted octanol–water partition coefficient (Wildman–Crippen LogP) is 1.27. The standard InChI is InChI=1S/C12H20F3N5/c1-16-8-11-9-20(18-17-11)7-6-19-4-2-10(3-5-19)12(13,14)15/h9-10,16H,2-8H2,1H3. The molecule has 0 radical (unpaired) electrons. The highest BCUT2D eigenvalue weighted by Crippen LogP contribution is 2.33. The second-order valence-corrected chi connectivity index (χ2v) is 5.16. The van der Waals surface area contributed by atoms with Crippen molar-refractivity contribution in [2.75, 3.05) is 26.7 Å². The van der Waals surface area contributed by atoms with Crippen molar-refractivity contribution in [3.8, 4) is 0 Å². The fourth-order valence-corrected chi connectivity index (χ4v) is 2.44. The third kappa shape index (κ3) is 4.17. The molecular weight excluding hydrogens is 271 g/mol. The van der Waals surface area contributed by atoms with Crippen molar-refractivity contribution >= 4 is 0 Å². The maximum Gasteiger partial charge on any atom is 0.391 e. The van der Waals surface area contributed by atoms with Crippen molar-refractivity contribution in [1.82, 2.24) is 25.2 Å². The van der Waals surface area contributed by atoms with Crippen LogP contribution in [0.4, 0.5) is 13.2 Å². The minimum Gasteiger partial charge on any atom is -0.314 e. The zero-order chi connectivity index (χ0) is 14.6. The molecule has 0 aromatic carbocycles. The average Bonchev–Trinajstić information content (AvgIpc) is 2.84. The van der Waals surface area contributed by atoms with E-state index in [-0.39, 0.29) is 12.8 Å². The second kappa shape index (κ2) is 6.53. The quantitative estimate of drug-likeness (QED) is 0.887. The number of likely N-dealkylation sites (tertiary alicyclic amines) is 1. The van der Waals surface area contributed by atoms with Gasteiger partial charge in [-0.15, -0.1) is 5.10 Å². The molecule has 0 spiro atoms. The van der Waals surface area contributed by atoms with Crippen LogP contribution >= 0.6 is 0 Å². The number of piperidine rings is 1. The number of halogens is 3. The van der Waals surface area contributed by atoms with E-state index in [9.17, 15) is 13.2 Å². The molecule has 5 nitrogen and oxygen atoms in total. The number of aromatic nitrogens is 3. The van der Waals surface area contributed by atoms with Crippen LogP contribution in [0.1, 0.15) is 18.5 Å². The molecule has 8 heteroatoms. The molecule has 2 heterocycles. The molecule has 0 amide bonds. The lowest BCUT2D eigenvalue weighted by Gasteiger charge is -2.32. The first kappa shape index (κ1) is 15.2. The molecule has 0 unspecified atom stereocenters. The highest BCUT2D eigenvalue weighted by atomic mass is 19.4. The molecular formula is C12H20F3N5. The topological polar surface area (TPSA) is 46.0 Å². The molecule has 0 atom stereocenters. The van der Waals surface area contributed by atoms with Crippen LogP contribution in [0, 0.1) is 5.92 Å². The fraction of sp³-hybridized carbons (Fsp3) is 0.833. The van der Waals surface area contributed by atoms with Gasteiger partial charge in [0.15, 0.2) is 0 Å². The van der Waals surface area contributed by atoms with Gasteiger partial charge in [0.25, 0.3) is 0 Å². The summed E-state index contributed by atoms with van der Waals surface area (Å²) >= 11 is 0. The minimum absolute atomic E-state index is 0.200. The molecule has 0 bridgehead atoms. The van der Waals surface area contributed by atoms with Gasteiger partial charge in [0, 0.05) is 19.3 Å². The van der Waals surface area contributed by atoms with Gasteiger partial charge in [0.2, 0.25) is 0 Å². The van der Waals surface area contributed by atoms with Crippen LogP contribution in [-0.4, -0.2) is 52.8 Å². The monoisotopic (exact) mass is 291 g/mol. The van der Waals surface area contributed by atoms with E-state index in [1.165, 1.54) is 0 Å². The summed E-state index contributed by atoms with van der Waals surface area (Å²) in [5.74, 6) is -1.13. The number of alkyl halides is 3. The van der Waals surface area contributed by atoms with Gasteiger partial charge in [0.1, 0.15) is 0 Å². The Morgan fingerprint density at radius 3 is 2.60 bits per heavy atom. The number of nitrogens with zero attached hydrogens (tertiary/aromatic N) is 4. The smallest absolute Gasteiger partial charge is 0.314 e. The lowest BCUT2D eigenvalue weighted by atomic mass is 9.96. The molecule has 1 aromatic rings. The molecule has 1 aromatic heterocycles. The van der Waals surface area contributed by atoms with Crippen molar-refractivity contribution in [3.05, 3.63) is 11.9 Å². The zero-order valence-electron chi connectivity index (χ0n) is 11.5. The van der Waals surface area contributed by atoms with Gasteiger partial charge in [-0.05, 0) is 33.0 Å². The molecule has 1 saturated heterocycles. The number of hydrogen-bond acceptors (Lipinski definition) is 4. The van der Waals surface area contributed by atoms with Gasteiger partial charge in [-0.1, -0.05) is 5.21 Å². The van der Waals surface area contributed by atoms with E-state index in [4.69, 9.17) is 0 Å². The Hall–Kier alpha value is -1.15. The predicted molar refractivity (Wildman–Crippen MR) is 68.0 cm³/mol. The van der Waals surface area contributed by atoms with E-state index in [2.05, 4.69) is 20.5 Å². The maximum atomic E-state index is 12.5. The van der Waals surface area contributed by atoms with E-state index in [0.717, 1.165) is 5.69 Å². The lowest BCUT2D eigenvalue weighted by molar-refractivity contribution is -0.185. The summed E-state index contributed by atoms with van der Waals surface area (Å²) in [5, 5.41) is 11.0. The Morgan fingerprint density at radius 2 is 2.00 bits per heavy atom. The van der Waals surface area contributed by atoms with Crippen LogP contribution in [0.2, 0.25) is 0 Å². The van der Waals surface area contributed by atoms with Crippen molar-refractivity contribution in [1.29, 1.82) is 0 Å². The summed E-state index contributed by atoms with van der Waals surface area (Å²) in [6.45, 7) is 3.04. The Morgan fingerprint density at radius 1 is 1.30 bits per heavy atom. The van der Waals surface area contributed by atoms with Crippen LogP contribution in [0.3, 0.4) is 0 Å². The minimum atomic E-state index is -4.04. The first-order valence-corrected chi connectivity index (χ1v) is 6.81. The lowest BCUT2D eigenvalue weighted by Crippen LogP contribution is -2.40. The fourth-order valence-electron chi connectivity index (χ4n) is 2.44. The molecule has 0 aliphatic carbocycles. The van der Waals surface area contributed by atoms with Gasteiger partial charge >= 0.3 is 6.18 Å². The van der Waals surface area contributed by atoms with Crippen LogP contribution in [0.15, 0.2) is 6.20 Å². The van der Waals surface area contributed by atoms with Crippen molar-refractivity contribution in [3.63, 3.8) is 0 Å². The SMILES string of the molecule is CNCc1cn(CCN2CCC(C(F)(F)F)CC2)nn1. The molecule has 1 fully saturated rings. The van der Waals surface area contributed by atoms with Gasteiger partial charge in [0.05, 0.1) is 18.2 Å². The largest absolute Gasteiger partial charge is 0.391 e. The average molecular weight is 291 g/mol. The molecule has 1 aliphatic rings. The van der Waals surface area contributed by atoms with E-state index in [0.29, 0.717) is 32.7 Å². The molecule has 2 rings (SSSR count). The Labute approximate surface area is 116 Å². The second-order valence-electron chi connectivity index (χ2n) is 5.16. The Balaban J connectivity index is 1.73. The van der Waals surface area contributed by atoms with Gasteiger partial charge in [-0.3, -0.25) is 4.68 Å². The molecule has 1 aliphatic heterocycles. The van der Waals surface area contributed by atoms with Crippen molar-refractivity contribution < 1.29 is 13.2 Å². The first-order valence-electron chi connectivity index (χ1n) is 6.81. The molecule has 0 saturated carbocycles. The normalized spacial score (nSPS) is 18.6. The first-order chi connectivity index (χ1) is 9.49. The zero-order valence-corrected chi connectivity index (χ0v) is 11.5. The molecule has 114 valence electrons. The Bertz CT molecular complexity index is 409. The van der Waals surface area contributed by atoms with Gasteiger partial charge < -0.3 is 10.2 Å². The number of rotatable bonds is 5. The summed E-state index contributed by atoms with van der Waals surface area (Å²) < 4.78 is 39.4. The van der Waals surface area contributed by atoms with Crippen LogP contribution < -0.4 is 5.32 Å². The van der Waals surface area contributed by atoms with E-state index < -0.39 is 12.1 Å². The number of hydrogen-bond donors (Lipinski definition) is 1. The van der Waals surface area contributed by atoms with E-state index in [1.807, 2.05) is 13.2 Å². The maximum absolute atomic E-state index is 12.5. The van der Waals surface area contributed by atoms with Gasteiger partial charge in [-0.2, -0.15) is 13.2 Å². The third-order valence-corrected chi connectivity index (χ3v) is 3.64. The third-order valence-electron chi connectivity index (χ3n) is 3.64. The number of nitrogens with one attached hydrogen (secondary N) is 1. The van der Waals surface area contributed by atoms with Crippen LogP contribution in [0.5, 0.6) is 0 Å². The highest BCUT2D eigenvalue weighted by molar-refractivity contribution is 4.91.